The van der Waals surface area contributed by atoms with E-state index in [-0.39, 0.29) is 17.1 Å². The first kappa shape index (κ1) is 26.5. The number of halogens is 2. The van der Waals surface area contributed by atoms with Gasteiger partial charge in [-0.15, -0.1) is 0 Å². The fourth-order valence-electron chi connectivity index (χ4n) is 3.36. The number of nitrogens with one attached hydrogen (secondary N) is 1. The highest BCUT2D eigenvalue weighted by molar-refractivity contribution is 7.92. The van der Waals surface area contributed by atoms with Crippen LogP contribution in [0.3, 0.4) is 0 Å². The Balaban J connectivity index is 1.87. The quantitative estimate of drug-likeness (QED) is 0.407. The van der Waals surface area contributed by atoms with Crippen LogP contribution < -0.4 is 23.8 Å². The Morgan fingerprint density at radius 3 is 2.17 bits per heavy atom. The lowest BCUT2D eigenvalue weighted by Gasteiger charge is -2.24. The van der Waals surface area contributed by atoms with Crippen LogP contribution in [0.1, 0.15) is 5.56 Å². The van der Waals surface area contributed by atoms with Crippen molar-refractivity contribution in [2.75, 3.05) is 32.2 Å². The molecule has 0 aliphatic carbocycles. The molecule has 0 aliphatic heterocycles. The minimum Gasteiger partial charge on any atom is -0.493 e. The fraction of sp³-hybridized carbons (Fsp3) is 0.208. The van der Waals surface area contributed by atoms with Gasteiger partial charge in [-0.3, -0.25) is 9.10 Å². The van der Waals surface area contributed by atoms with E-state index in [1.165, 1.54) is 51.7 Å². The predicted molar refractivity (Wildman–Crippen MR) is 135 cm³/mol. The average molecular weight is 539 g/mol. The van der Waals surface area contributed by atoms with Gasteiger partial charge in [0, 0.05) is 22.2 Å². The summed E-state index contributed by atoms with van der Waals surface area (Å²) in [6, 6.07) is 15.3. The van der Waals surface area contributed by atoms with Gasteiger partial charge in [-0.1, -0.05) is 29.3 Å². The third kappa shape index (κ3) is 6.11. The van der Waals surface area contributed by atoms with Crippen molar-refractivity contribution in [2.45, 2.75) is 11.4 Å². The summed E-state index contributed by atoms with van der Waals surface area (Å²) in [5.74, 6) is 0.709. The van der Waals surface area contributed by atoms with Crippen molar-refractivity contribution in [1.29, 1.82) is 0 Å². The second-order valence-electron chi connectivity index (χ2n) is 7.22. The highest BCUT2D eigenvalue weighted by Gasteiger charge is 2.27. The molecule has 0 spiro atoms. The monoisotopic (exact) mass is 538 g/mol. The molecule has 0 saturated carbocycles. The Morgan fingerprint density at radius 1 is 0.886 bits per heavy atom. The molecular weight excluding hydrogens is 515 g/mol. The zero-order chi connectivity index (χ0) is 25.6. The van der Waals surface area contributed by atoms with Crippen LogP contribution in [0.4, 0.5) is 5.69 Å². The third-order valence-corrected chi connectivity index (χ3v) is 7.32. The normalized spacial score (nSPS) is 11.0. The Labute approximate surface area is 214 Å². The van der Waals surface area contributed by atoms with Crippen LogP contribution in [0.2, 0.25) is 10.0 Å². The lowest BCUT2D eigenvalue weighted by molar-refractivity contribution is -0.119. The summed E-state index contributed by atoms with van der Waals surface area (Å²) in [4.78, 5) is 12.9. The molecule has 3 rings (SSSR count). The van der Waals surface area contributed by atoms with Gasteiger partial charge in [0.1, 0.15) is 6.54 Å². The maximum Gasteiger partial charge on any atom is 0.264 e. The fourth-order valence-corrected chi connectivity index (χ4v) is 5.09. The summed E-state index contributed by atoms with van der Waals surface area (Å²) in [5.41, 5.74) is 0.861. The van der Waals surface area contributed by atoms with Gasteiger partial charge >= 0.3 is 0 Å². The largest absolute Gasteiger partial charge is 0.493 e. The van der Waals surface area contributed by atoms with Gasteiger partial charge in [0.25, 0.3) is 10.0 Å². The Kier molecular flexibility index (Phi) is 8.71. The summed E-state index contributed by atoms with van der Waals surface area (Å²) in [5, 5.41) is 3.45. The topological polar surface area (TPSA) is 94.2 Å². The molecule has 0 aromatic heterocycles. The van der Waals surface area contributed by atoms with Crippen molar-refractivity contribution >= 4 is 44.8 Å². The number of ether oxygens (including phenoxy) is 3. The molecule has 1 N–H and O–H groups in total. The van der Waals surface area contributed by atoms with Crippen LogP contribution in [0.25, 0.3) is 0 Å². The molecule has 8 nitrogen and oxygen atoms in total. The van der Waals surface area contributed by atoms with Crippen molar-refractivity contribution < 1.29 is 27.4 Å². The first-order valence-electron chi connectivity index (χ1n) is 10.3. The van der Waals surface area contributed by atoms with E-state index in [1.807, 2.05) is 0 Å². The number of amides is 1. The molecule has 0 aliphatic rings. The van der Waals surface area contributed by atoms with Crippen LogP contribution >= 0.6 is 23.2 Å². The maximum absolute atomic E-state index is 13.4. The summed E-state index contributed by atoms with van der Waals surface area (Å²) >= 11 is 12.0. The zero-order valence-electron chi connectivity index (χ0n) is 19.2. The molecule has 0 atom stereocenters. The Morgan fingerprint density at radius 2 is 1.57 bits per heavy atom. The number of methoxy groups -OCH3 is 3. The molecule has 1 amide bonds. The highest BCUT2D eigenvalue weighted by Crippen LogP contribution is 2.39. The molecule has 0 radical (unpaired) electrons. The molecule has 11 heteroatoms. The first-order chi connectivity index (χ1) is 16.7. The van der Waals surface area contributed by atoms with Crippen LogP contribution in [0.15, 0.2) is 65.6 Å². The summed E-state index contributed by atoms with van der Waals surface area (Å²) in [7, 11) is 0.354. The number of hydrogen-bond donors (Lipinski definition) is 1. The smallest absolute Gasteiger partial charge is 0.264 e. The summed E-state index contributed by atoms with van der Waals surface area (Å²) < 4.78 is 43.9. The minimum absolute atomic E-state index is 0.0174. The predicted octanol–water partition coefficient (Wildman–Crippen LogP) is 4.53. The standard InChI is InChI=1S/C24H24Cl2N2O6S/c1-32-21-12-7-16(23(33-2)24(21)34-3)14-27-22(29)15-28(19-6-4-5-18(26)13-19)35(30,31)20-10-8-17(25)9-11-20/h4-13H,14-15H2,1-3H3,(H,27,29). The van der Waals surface area contributed by atoms with Gasteiger partial charge in [0.05, 0.1) is 31.9 Å². The van der Waals surface area contributed by atoms with Gasteiger partial charge in [-0.2, -0.15) is 0 Å². The van der Waals surface area contributed by atoms with Gasteiger partial charge in [0.2, 0.25) is 11.7 Å². The van der Waals surface area contributed by atoms with Crippen molar-refractivity contribution in [2.24, 2.45) is 0 Å². The number of carbonyl (C=O) groups excluding carboxylic acids is 1. The van der Waals surface area contributed by atoms with E-state index in [1.54, 1.807) is 30.3 Å². The molecule has 35 heavy (non-hydrogen) atoms. The number of anilines is 1. The third-order valence-electron chi connectivity index (χ3n) is 5.05. The van der Waals surface area contributed by atoms with Crippen LogP contribution in [0, 0.1) is 0 Å². The summed E-state index contributed by atoms with van der Waals surface area (Å²) in [6.07, 6.45) is 0. The number of sulfonamides is 1. The van der Waals surface area contributed by atoms with Crippen molar-refractivity contribution in [1.82, 2.24) is 5.32 Å². The Bertz CT molecular complexity index is 1300. The number of rotatable bonds is 10. The molecule has 0 bridgehead atoms. The molecule has 0 heterocycles. The van der Waals surface area contributed by atoms with E-state index in [0.29, 0.717) is 32.9 Å². The van der Waals surface area contributed by atoms with Gasteiger partial charge in [0.15, 0.2) is 11.5 Å². The van der Waals surface area contributed by atoms with Gasteiger partial charge in [-0.05, 0) is 54.6 Å². The van der Waals surface area contributed by atoms with E-state index in [2.05, 4.69) is 5.32 Å². The van der Waals surface area contributed by atoms with E-state index >= 15 is 0 Å². The van der Waals surface area contributed by atoms with Gasteiger partial charge < -0.3 is 19.5 Å². The van der Waals surface area contributed by atoms with Crippen LogP contribution in [-0.2, 0) is 21.4 Å². The zero-order valence-corrected chi connectivity index (χ0v) is 21.6. The maximum atomic E-state index is 13.4. The van der Waals surface area contributed by atoms with E-state index in [9.17, 15) is 13.2 Å². The van der Waals surface area contributed by atoms with Crippen molar-refractivity contribution in [3.63, 3.8) is 0 Å². The molecule has 0 saturated heterocycles. The number of benzene rings is 3. The summed E-state index contributed by atoms with van der Waals surface area (Å²) in [6.45, 7) is -0.423. The lowest BCUT2D eigenvalue weighted by atomic mass is 10.1. The molecule has 3 aromatic rings. The molecule has 0 fully saturated rings. The molecule has 186 valence electrons. The SMILES string of the molecule is COc1ccc(CNC(=O)CN(c2cccc(Cl)c2)S(=O)(=O)c2ccc(Cl)cc2)c(OC)c1OC. The Hall–Kier alpha value is -3.14. The van der Waals surface area contributed by atoms with E-state index < -0.39 is 22.5 Å². The van der Waals surface area contributed by atoms with Crippen molar-refractivity contribution in [3.8, 4) is 17.2 Å². The van der Waals surface area contributed by atoms with Gasteiger partial charge in [-0.25, -0.2) is 8.42 Å². The molecule has 3 aromatic carbocycles. The molecule has 0 unspecified atom stereocenters. The number of carbonyl (C=O) groups is 1. The van der Waals surface area contributed by atoms with Crippen LogP contribution in [-0.4, -0.2) is 42.2 Å². The minimum atomic E-state index is -4.10. The second kappa shape index (κ2) is 11.5. The van der Waals surface area contributed by atoms with E-state index in [0.717, 1.165) is 4.31 Å². The highest BCUT2D eigenvalue weighted by atomic mass is 35.5. The van der Waals surface area contributed by atoms with Crippen molar-refractivity contribution in [3.05, 3.63) is 76.3 Å². The number of hydrogen-bond acceptors (Lipinski definition) is 6. The molecular formula is C24H24Cl2N2O6S. The van der Waals surface area contributed by atoms with Crippen LogP contribution in [0.5, 0.6) is 17.2 Å². The van der Waals surface area contributed by atoms with E-state index in [4.69, 9.17) is 37.4 Å². The average Bonchev–Trinajstić information content (AvgIpc) is 2.85. The number of nitrogens with zero attached hydrogens (tertiary/aromatic N) is 1. The second-order valence-corrected chi connectivity index (χ2v) is 9.95. The lowest BCUT2D eigenvalue weighted by Crippen LogP contribution is -2.40. The first-order valence-corrected chi connectivity index (χ1v) is 12.5.